The van der Waals surface area contributed by atoms with E-state index in [-0.39, 0.29) is 11.3 Å². The Morgan fingerprint density at radius 2 is 1.59 bits per heavy atom. The third-order valence-corrected chi connectivity index (χ3v) is 6.39. The van der Waals surface area contributed by atoms with Crippen LogP contribution in [0, 0.1) is 13.8 Å². The molecular weight excluding hydrogens is 430 g/mol. The van der Waals surface area contributed by atoms with Crippen molar-refractivity contribution in [1.29, 1.82) is 0 Å². The van der Waals surface area contributed by atoms with Crippen LogP contribution in [0.5, 0.6) is 5.75 Å². The number of para-hydroxylation sites is 1. The van der Waals surface area contributed by atoms with E-state index in [1.54, 1.807) is 36.4 Å². The minimum Gasteiger partial charge on any atom is -0.496 e. The van der Waals surface area contributed by atoms with Gasteiger partial charge in [0.05, 0.1) is 23.9 Å². The van der Waals surface area contributed by atoms with E-state index >= 15 is 0 Å². The number of rotatable bonds is 6. The number of aromatic carboxylic acids is 1. The highest BCUT2D eigenvalue weighted by atomic mass is 16.5. The van der Waals surface area contributed by atoms with Crippen LogP contribution in [-0.4, -0.2) is 50.3 Å². The second kappa shape index (κ2) is 9.87. The molecule has 0 aliphatic carbocycles. The summed E-state index contributed by atoms with van der Waals surface area (Å²) in [5.74, 6) is -1.09. The van der Waals surface area contributed by atoms with Crippen LogP contribution in [0.25, 0.3) is 0 Å². The molecule has 1 aliphatic heterocycles. The van der Waals surface area contributed by atoms with E-state index in [4.69, 9.17) is 4.74 Å². The van der Waals surface area contributed by atoms with Crippen molar-refractivity contribution in [2.75, 3.05) is 48.4 Å². The van der Waals surface area contributed by atoms with Crippen molar-refractivity contribution in [2.45, 2.75) is 13.8 Å². The Morgan fingerprint density at radius 3 is 2.29 bits per heavy atom. The van der Waals surface area contributed by atoms with Crippen molar-refractivity contribution in [3.05, 3.63) is 82.9 Å². The van der Waals surface area contributed by atoms with Crippen LogP contribution in [0.2, 0.25) is 0 Å². The number of hydrogen-bond acceptors (Lipinski definition) is 5. The molecule has 0 bridgehead atoms. The lowest BCUT2D eigenvalue weighted by atomic mass is 10.1. The third kappa shape index (κ3) is 4.69. The number of nitrogens with zero attached hydrogens (tertiary/aromatic N) is 2. The lowest BCUT2D eigenvalue weighted by Gasteiger charge is -2.38. The van der Waals surface area contributed by atoms with E-state index in [1.165, 1.54) is 23.9 Å². The molecule has 2 N–H and O–H groups in total. The van der Waals surface area contributed by atoms with Crippen molar-refractivity contribution in [3.63, 3.8) is 0 Å². The van der Waals surface area contributed by atoms with E-state index in [2.05, 4.69) is 47.2 Å². The predicted molar refractivity (Wildman–Crippen MR) is 135 cm³/mol. The van der Waals surface area contributed by atoms with Gasteiger partial charge in [0.25, 0.3) is 5.91 Å². The highest BCUT2D eigenvalue weighted by molar-refractivity contribution is 6.09. The number of carbonyl (C=O) groups is 2. The SMILES string of the molecule is COc1ccccc1C(=O)Nc1ccc(N2CCN(c3cccc(C)c3C)CC2)cc1C(=O)O. The summed E-state index contributed by atoms with van der Waals surface area (Å²) in [7, 11) is 1.49. The molecule has 1 fully saturated rings. The number of benzene rings is 3. The number of aryl methyl sites for hydroxylation is 1. The molecular formula is C27H29N3O4. The fourth-order valence-electron chi connectivity index (χ4n) is 4.32. The van der Waals surface area contributed by atoms with Crippen molar-refractivity contribution >= 4 is 28.9 Å². The summed E-state index contributed by atoms with van der Waals surface area (Å²) in [4.78, 5) is 29.3. The van der Waals surface area contributed by atoms with Crippen molar-refractivity contribution in [1.82, 2.24) is 0 Å². The Kier molecular flexibility index (Phi) is 6.72. The van der Waals surface area contributed by atoms with Crippen LogP contribution in [0.1, 0.15) is 31.8 Å². The van der Waals surface area contributed by atoms with Crippen molar-refractivity contribution < 1.29 is 19.4 Å². The molecule has 7 nitrogen and oxygen atoms in total. The first-order chi connectivity index (χ1) is 16.4. The number of carboxylic acid groups (broad SMARTS) is 1. The number of carbonyl (C=O) groups excluding carboxylic acids is 1. The van der Waals surface area contributed by atoms with Gasteiger partial charge >= 0.3 is 5.97 Å². The minimum absolute atomic E-state index is 0.0534. The average molecular weight is 460 g/mol. The van der Waals surface area contributed by atoms with Crippen LogP contribution in [-0.2, 0) is 0 Å². The quantitative estimate of drug-likeness (QED) is 0.561. The number of hydrogen-bond donors (Lipinski definition) is 2. The zero-order chi connectivity index (χ0) is 24.2. The van der Waals surface area contributed by atoms with Gasteiger partial charge in [-0.15, -0.1) is 0 Å². The highest BCUT2D eigenvalue weighted by Gasteiger charge is 2.22. The van der Waals surface area contributed by atoms with Crippen molar-refractivity contribution in [2.24, 2.45) is 0 Å². The maximum absolute atomic E-state index is 12.8. The molecule has 3 aromatic carbocycles. The average Bonchev–Trinajstić information content (AvgIpc) is 2.86. The fraction of sp³-hybridized carbons (Fsp3) is 0.259. The third-order valence-electron chi connectivity index (χ3n) is 6.39. The lowest BCUT2D eigenvalue weighted by Crippen LogP contribution is -2.46. The number of carboxylic acids is 1. The molecule has 34 heavy (non-hydrogen) atoms. The van der Waals surface area contributed by atoms with Gasteiger partial charge in [-0.05, 0) is 61.4 Å². The molecule has 1 aliphatic rings. The van der Waals surface area contributed by atoms with E-state index in [0.717, 1.165) is 31.9 Å². The molecule has 1 saturated heterocycles. The monoisotopic (exact) mass is 459 g/mol. The van der Waals surface area contributed by atoms with Crippen LogP contribution in [0.15, 0.2) is 60.7 Å². The number of anilines is 3. The molecule has 4 rings (SSSR count). The Morgan fingerprint density at radius 1 is 0.882 bits per heavy atom. The van der Waals surface area contributed by atoms with Gasteiger partial charge in [0.2, 0.25) is 0 Å². The zero-order valence-electron chi connectivity index (χ0n) is 19.7. The van der Waals surface area contributed by atoms with Gasteiger partial charge in [-0.3, -0.25) is 4.79 Å². The second-order valence-electron chi connectivity index (χ2n) is 8.38. The maximum atomic E-state index is 12.8. The van der Waals surface area contributed by atoms with Crippen LogP contribution >= 0.6 is 0 Å². The van der Waals surface area contributed by atoms with Crippen molar-refractivity contribution in [3.8, 4) is 5.75 Å². The Hall–Kier alpha value is -4.00. The molecule has 1 heterocycles. The normalized spacial score (nSPS) is 13.5. The Bertz CT molecular complexity index is 1220. The molecule has 7 heteroatoms. The molecule has 0 unspecified atom stereocenters. The summed E-state index contributed by atoms with van der Waals surface area (Å²) in [5.41, 5.74) is 5.29. The highest BCUT2D eigenvalue weighted by Crippen LogP contribution is 2.28. The van der Waals surface area contributed by atoms with E-state index < -0.39 is 11.9 Å². The lowest BCUT2D eigenvalue weighted by molar-refractivity contribution is 0.0698. The standard InChI is InChI=1S/C27H29N3O4/c1-18-7-6-9-24(19(18)2)30-15-13-29(14-16-30)20-11-12-23(22(17-20)27(32)33)28-26(31)21-8-4-5-10-25(21)34-3/h4-12,17H,13-16H2,1-3H3,(H,28,31)(H,32,33). The maximum Gasteiger partial charge on any atom is 0.337 e. The Balaban J connectivity index is 1.50. The van der Waals surface area contributed by atoms with E-state index in [1.807, 2.05) is 6.07 Å². The summed E-state index contributed by atoms with van der Waals surface area (Å²) >= 11 is 0. The first-order valence-corrected chi connectivity index (χ1v) is 11.3. The number of nitrogens with one attached hydrogen (secondary N) is 1. The molecule has 0 saturated carbocycles. The molecule has 176 valence electrons. The number of piperazine rings is 1. The number of methoxy groups -OCH3 is 1. The molecule has 0 spiro atoms. The summed E-state index contributed by atoms with van der Waals surface area (Å²) < 4.78 is 5.25. The predicted octanol–water partition coefficient (Wildman–Crippen LogP) is 4.59. The van der Waals surface area contributed by atoms with E-state index in [9.17, 15) is 14.7 Å². The smallest absolute Gasteiger partial charge is 0.337 e. The zero-order valence-corrected chi connectivity index (χ0v) is 19.7. The molecule has 1 amide bonds. The first-order valence-electron chi connectivity index (χ1n) is 11.3. The largest absolute Gasteiger partial charge is 0.496 e. The number of amides is 1. The molecule has 0 aromatic heterocycles. The molecule has 3 aromatic rings. The van der Waals surface area contributed by atoms with Gasteiger partial charge in [0.15, 0.2) is 0 Å². The van der Waals surface area contributed by atoms with Gasteiger partial charge in [-0.25, -0.2) is 4.79 Å². The van der Waals surface area contributed by atoms with Gasteiger partial charge in [-0.1, -0.05) is 24.3 Å². The summed E-state index contributed by atoms with van der Waals surface area (Å²) in [6.45, 7) is 7.52. The molecule has 0 atom stereocenters. The van der Waals surface area contributed by atoms with Crippen LogP contribution < -0.4 is 19.9 Å². The van der Waals surface area contributed by atoms with Gasteiger partial charge in [0.1, 0.15) is 5.75 Å². The van der Waals surface area contributed by atoms with Crippen LogP contribution in [0.3, 0.4) is 0 Å². The van der Waals surface area contributed by atoms with Gasteiger partial charge < -0.3 is 25.0 Å². The van der Waals surface area contributed by atoms with Crippen LogP contribution in [0.4, 0.5) is 17.1 Å². The summed E-state index contributed by atoms with van der Waals surface area (Å²) in [6, 6.07) is 18.3. The molecule has 0 radical (unpaired) electrons. The number of ether oxygens (including phenoxy) is 1. The van der Waals surface area contributed by atoms with E-state index in [0.29, 0.717) is 11.3 Å². The van der Waals surface area contributed by atoms with Gasteiger partial charge in [-0.2, -0.15) is 0 Å². The first kappa shape index (κ1) is 23.2. The van der Waals surface area contributed by atoms with Gasteiger partial charge in [0, 0.05) is 37.6 Å². The fourth-order valence-corrected chi connectivity index (χ4v) is 4.32. The second-order valence-corrected chi connectivity index (χ2v) is 8.38. The minimum atomic E-state index is -1.09. The summed E-state index contributed by atoms with van der Waals surface area (Å²) in [6.07, 6.45) is 0. The topological polar surface area (TPSA) is 82.1 Å². The Labute approximate surface area is 199 Å². The summed E-state index contributed by atoms with van der Waals surface area (Å²) in [5, 5.41) is 12.5.